The zero-order valence-corrected chi connectivity index (χ0v) is 17.9. The lowest BCUT2D eigenvalue weighted by Crippen LogP contribution is -2.44. The minimum atomic E-state index is -0.759. The molecule has 2 fully saturated rings. The molecule has 2 N–H and O–H groups in total. The second kappa shape index (κ2) is 8.74. The van der Waals surface area contributed by atoms with Gasteiger partial charge in [-0.25, -0.2) is 4.99 Å². The monoisotopic (exact) mass is 411 g/mol. The van der Waals surface area contributed by atoms with Crippen LogP contribution in [0.1, 0.15) is 68.3 Å². The number of nitrogens with zero attached hydrogens (tertiary/aromatic N) is 4. The summed E-state index contributed by atoms with van der Waals surface area (Å²) in [7, 11) is 1.72. The van der Waals surface area contributed by atoms with Gasteiger partial charge in [0.05, 0.1) is 0 Å². The van der Waals surface area contributed by atoms with Gasteiger partial charge in [0.1, 0.15) is 11.2 Å². The number of hydrogen-bond acceptors (Lipinski definition) is 5. The number of carbonyl (C=O) groups is 2. The summed E-state index contributed by atoms with van der Waals surface area (Å²) < 4.78 is 0. The molecular formula is C23H33N5O2. The van der Waals surface area contributed by atoms with Crippen LogP contribution in [-0.4, -0.2) is 58.2 Å². The molecule has 162 valence electrons. The first-order valence-electron chi connectivity index (χ1n) is 11.3. The average Bonchev–Trinajstić information content (AvgIpc) is 3.32. The number of likely N-dealkylation sites (tertiary alicyclic amines) is 1. The van der Waals surface area contributed by atoms with Gasteiger partial charge in [0.2, 0.25) is 0 Å². The minimum Gasteiger partial charge on any atom is -0.369 e. The molecule has 7 nitrogen and oxygen atoms in total. The van der Waals surface area contributed by atoms with E-state index in [2.05, 4.69) is 4.98 Å². The molecule has 1 aliphatic carbocycles. The van der Waals surface area contributed by atoms with Crippen molar-refractivity contribution in [2.24, 2.45) is 22.6 Å². The van der Waals surface area contributed by atoms with Crippen LogP contribution in [0.5, 0.6) is 0 Å². The van der Waals surface area contributed by atoms with Crippen molar-refractivity contribution in [3.63, 3.8) is 0 Å². The van der Waals surface area contributed by atoms with Crippen LogP contribution in [0.15, 0.2) is 29.4 Å². The molecule has 7 heteroatoms. The number of aromatic nitrogens is 1. The maximum Gasteiger partial charge on any atom is 0.272 e. The lowest BCUT2D eigenvalue weighted by atomic mass is 9.78. The number of hydrogen-bond donors (Lipinski definition) is 1. The molecule has 2 amide bonds. The van der Waals surface area contributed by atoms with Crippen molar-refractivity contribution < 1.29 is 9.59 Å². The van der Waals surface area contributed by atoms with Gasteiger partial charge in [0.15, 0.2) is 5.96 Å². The Labute approximate surface area is 178 Å². The fraction of sp³-hybridized carbons (Fsp3) is 0.652. The third-order valence-electron chi connectivity index (χ3n) is 7.15. The number of rotatable bonds is 6. The van der Waals surface area contributed by atoms with Gasteiger partial charge in [-0.1, -0.05) is 38.2 Å². The first kappa shape index (κ1) is 20.8. The molecule has 0 spiro atoms. The summed E-state index contributed by atoms with van der Waals surface area (Å²) in [5.41, 5.74) is 5.78. The van der Waals surface area contributed by atoms with E-state index < -0.39 is 5.54 Å². The van der Waals surface area contributed by atoms with E-state index in [0.717, 1.165) is 19.3 Å². The topological polar surface area (TPSA) is 91.9 Å². The van der Waals surface area contributed by atoms with Gasteiger partial charge in [-0.05, 0) is 49.7 Å². The number of guanidine groups is 1. The van der Waals surface area contributed by atoms with Gasteiger partial charge in [-0.2, -0.15) is 0 Å². The first-order chi connectivity index (χ1) is 14.5. The number of pyridine rings is 1. The molecule has 1 aromatic heterocycles. The molecule has 2 aliphatic heterocycles. The number of nitrogens with two attached hydrogens (primary N) is 1. The third kappa shape index (κ3) is 4.20. The van der Waals surface area contributed by atoms with Crippen molar-refractivity contribution in [3.05, 3.63) is 30.1 Å². The predicted molar refractivity (Wildman–Crippen MR) is 116 cm³/mol. The fourth-order valence-electron chi connectivity index (χ4n) is 5.39. The maximum atomic E-state index is 13.2. The van der Waals surface area contributed by atoms with E-state index in [4.69, 9.17) is 10.7 Å². The predicted octanol–water partition coefficient (Wildman–Crippen LogP) is 2.82. The van der Waals surface area contributed by atoms with Crippen LogP contribution < -0.4 is 5.73 Å². The van der Waals surface area contributed by atoms with Crippen LogP contribution >= 0.6 is 0 Å². The summed E-state index contributed by atoms with van der Waals surface area (Å²) in [6.07, 6.45) is 11.4. The maximum absolute atomic E-state index is 13.2. The Hall–Kier alpha value is -2.44. The van der Waals surface area contributed by atoms with E-state index in [0.29, 0.717) is 37.1 Å². The number of amides is 2. The Morgan fingerprint density at radius 3 is 2.67 bits per heavy atom. The fourth-order valence-corrected chi connectivity index (χ4v) is 5.39. The van der Waals surface area contributed by atoms with Crippen molar-refractivity contribution in [2.75, 3.05) is 20.1 Å². The van der Waals surface area contributed by atoms with Crippen LogP contribution in [0.3, 0.4) is 0 Å². The summed E-state index contributed by atoms with van der Waals surface area (Å²) in [6, 6.07) is 5.39. The summed E-state index contributed by atoms with van der Waals surface area (Å²) in [6.45, 7) is 1.34. The second-order valence-corrected chi connectivity index (χ2v) is 9.23. The number of carbonyl (C=O) groups excluding carboxylic acids is 2. The number of likely N-dealkylation sites (N-methyl/N-ethyl adjacent to an activating group) is 1. The summed E-state index contributed by atoms with van der Waals surface area (Å²) >= 11 is 0. The zero-order chi connectivity index (χ0) is 21.1. The zero-order valence-electron chi connectivity index (χ0n) is 17.9. The van der Waals surface area contributed by atoms with Crippen molar-refractivity contribution in [1.29, 1.82) is 0 Å². The number of aliphatic imine (C=N–C) groups is 1. The second-order valence-electron chi connectivity index (χ2n) is 9.23. The quantitative estimate of drug-likeness (QED) is 0.779. The summed E-state index contributed by atoms with van der Waals surface area (Å²) in [5, 5.41) is 0. The van der Waals surface area contributed by atoms with Crippen molar-refractivity contribution in [2.45, 2.75) is 63.3 Å². The van der Waals surface area contributed by atoms with Gasteiger partial charge in [0, 0.05) is 26.3 Å². The molecule has 1 saturated carbocycles. The van der Waals surface area contributed by atoms with Gasteiger partial charge >= 0.3 is 0 Å². The van der Waals surface area contributed by atoms with E-state index in [-0.39, 0.29) is 17.7 Å². The minimum absolute atomic E-state index is 0.0188. The first-order valence-corrected chi connectivity index (χ1v) is 11.3. The Morgan fingerprint density at radius 2 is 2.00 bits per heavy atom. The molecule has 4 rings (SSSR count). The van der Waals surface area contributed by atoms with E-state index in [1.807, 2.05) is 17.0 Å². The molecule has 2 atom stereocenters. The normalized spacial score (nSPS) is 27.6. The summed E-state index contributed by atoms with van der Waals surface area (Å²) in [4.78, 5) is 38.2. The largest absolute Gasteiger partial charge is 0.369 e. The summed E-state index contributed by atoms with van der Waals surface area (Å²) in [5.74, 6) is 1.24. The molecule has 1 saturated heterocycles. The Bertz CT molecular complexity index is 805. The standard InChI is InChI=1S/C23H33N5O2/c1-27-21(30)23(26-22(27)24,12-10-17-7-3-2-4-8-17)15-18-11-14-28(16-18)20(29)19-9-5-6-13-25-19/h5-6,9,13,17-18H,2-4,7-8,10-12,14-16H2,1H3,(H2,24,26)/t18?,23-/m0/s1. The average molecular weight is 412 g/mol. The van der Waals surface area contributed by atoms with Crippen molar-refractivity contribution >= 4 is 17.8 Å². The molecule has 0 aromatic carbocycles. The van der Waals surface area contributed by atoms with Crippen LogP contribution in [0, 0.1) is 11.8 Å². The lowest BCUT2D eigenvalue weighted by Gasteiger charge is -2.30. The van der Waals surface area contributed by atoms with Crippen molar-refractivity contribution in [3.8, 4) is 0 Å². The Kier molecular flexibility index (Phi) is 6.06. The molecule has 3 aliphatic rings. The Balaban J connectivity index is 1.43. The highest BCUT2D eigenvalue weighted by Crippen LogP contribution is 2.39. The lowest BCUT2D eigenvalue weighted by molar-refractivity contribution is -0.131. The van der Waals surface area contributed by atoms with E-state index >= 15 is 0 Å². The van der Waals surface area contributed by atoms with Gasteiger partial charge in [-0.3, -0.25) is 19.5 Å². The molecule has 1 unspecified atom stereocenters. The molecule has 0 radical (unpaired) electrons. The van der Waals surface area contributed by atoms with E-state index in [9.17, 15) is 9.59 Å². The molecule has 3 heterocycles. The highest BCUT2D eigenvalue weighted by molar-refractivity contribution is 6.06. The SMILES string of the molecule is CN1C(=O)[C@](CCC2CCCCC2)(CC2CCN(C(=O)c3ccccn3)C2)N=C1N. The molecule has 30 heavy (non-hydrogen) atoms. The highest BCUT2D eigenvalue weighted by atomic mass is 16.2. The molecule has 1 aromatic rings. The molecule has 0 bridgehead atoms. The highest BCUT2D eigenvalue weighted by Gasteiger charge is 2.48. The van der Waals surface area contributed by atoms with Crippen LogP contribution in [0.4, 0.5) is 0 Å². The van der Waals surface area contributed by atoms with E-state index in [1.165, 1.54) is 37.0 Å². The smallest absolute Gasteiger partial charge is 0.272 e. The van der Waals surface area contributed by atoms with Gasteiger partial charge in [-0.15, -0.1) is 0 Å². The van der Waals surface area contributed by atoms with Gasteiger partial charge in [0.25, 0.3) is 11.8 Å². The van der Waals surface area contributed by atoms with Crippen LogP contribution in [0.25, 0.3) is 0 Å². The van der Waals surface area contributed by atoms with Crippen molar-refractivity contribution in [1.82, 2.24) is 14.8 Å². The van der Waals surface area contributed by atoms with Crippen LogP contribution in [-0.2, 0) is 4.79 Å². The molecular weight excluding hydrogens is 378 g/mol. The van der Waals surface area contributed by atoms with E-state index in [1.54, 1.807) is 19.3 Å². The van der Waals surface area contributed by atoms with Gasteiger partial charge < -0.3 is 10.6 Å². The Morgan fingerprint density at radius 1 is 1.20 bits per heavy atom. The van der Waals surface area contributed by atoms with Crippen LogP contribution in [0.2, 0.25) is 0 Å². The third-order valence-corrected chi connectivity index (χ3v) is 7.15.